The Morgan fingerprint density at radius 2 is 1.80 bits per heavy atom. The van der Waals surface area contributed by atoms with Crippen molar-refractivity contribution in [1.82, 2.24) is 15.1 Å². The van der Waals surface area contributed by atoms with Crippen molar-refractivity contribution in [3.63, 3.8) is 0 Å². The number of rotatable bonds is 6. The van der Waals surface area contributed by atoms with E-state index in [1.165, 1.54) is 6.92 Å². The maximum atomic E-state index is 12.3. The summed E-state index contributed by atoms with van der Waals surface area (Å²) in [5.74, 6) is -1.56. The van der Waals surface area contributed by atoms with Crippen LogP contribution in [0.4, 0.5) is 5.69 Å². The first-order chi connectivity index (χ1) is 14.3. The molecule has 8 heteroatoms. The molecule has 0 saturated carbocycles. The highest BCUT2D eigenvalue weighted by Gasteiger charge is 2.21. The van der Waals surface area contributed by atoms with Gasteiger partial charge in [-0.15, -0.1) is 0 Å². The lowest BCUT2D eigenvalue weighted by molar-refractivity contribution is -0.152. The van der Waals surface area contributed by atoms with Crippen LogP contribution in [0.15, 0.2) is 42.5 Å². The van der Waals surface area contributed by atoms with Gasteiger partial charge in [-0.3, -0.25) is 19.1 Å². The number of carbonyl (C=O) groups is 3. The van der Waals surface area contributed by atoms with E-state index in [0.717, 1.165) is 16.5 Å². The molecular formula is C22H24N4O4. The number of carbonyl (C=O) groups excluding carboxylic acids is 3. The topological polar surface area (TPSA) is 102 Å². The summed E-state index contributed by atoms with van der Waals surface area (Å²) in [6.07, 6.45) is -1.02. The summed E-state index contributed by atoms with van der Waals surface area (Å²) in [6.45, 7) is 4.74. The number of hydrogen-bond acceptors (Lipinski definition) is 5. The van der Waals surface area contributed by atoms with Crippen molar-refractivity contribution in [3.8, 4) is 0 Å². The van der Waals surface area contributed by atoms with Gasteiger partial charge < -0.3 is 15.4 Å². The molecule has 0 radical (unpaired) electrons. The standard InChI is InChI=1S/C22H24N4O4/c1-13-20(14(2)26(4)25-13)24-21(28)15(3)30-19(27)12-23-22(29)18-10-9-16-7-5-6-8-17(16)11-18/h5-11,15H,12H2,1-4H3,(H,23,29)(H,24,28)/t15-/m0/s1. The number of anilines is 1. The zero-order chi connectivity index (χ0) is 21.8. The third kappa shape index (κ3) is 4.65. The molecule has 1 aromatic heterocycles. The summed E-state index contributed by atoms with van der Waals surface area (Å²) in [5, 5.41) is 11.4. The number of hydrogen-bond donors (Lipinski definition) is 2. The molecule has 30 heavy (non-hydrogen) atoms. The normalized spacial score (nSPS) is 11.7. The molecule has 3 rings (SSSR count). The fraction of sp³-hybridized carbons (Fsp3) is 0.273. The summed E-state index contributed by atoms with van der Waals surface area (Å²) in [6, 6.07) is 13.0. The highest BCUT2D eigenvalue weighted by Crippen LogP contribution is 2.19. The average Bonchev–Trinajstić information content (AvgIpc) is 2.97. The Labute approximate surface area is 174 Å². The average molecular weight is 408 g/mol. The fourth-order valence-electron chi connectivity index (χ4n) is 3.06. The number of aromatic nitrogens is 2. The van der Waals surface area contributed by atoms with Crippen LogP contribution in [0.25, 0.3) is 10.8 Å². The lowest BCUT2D eigenvalue weighted by atomic mass is 10.1. The van der Waals surface area contributed by atoms with E-state index in [4.69, 9.17) is 4.74 Å². The summed E-state index contributed by atoms with van der Waals surface area (Å²) in [4.78, 5) is 36.7. The highest BCUT2D eigenvalue weighted by molar-refractivity contribution is 6.00. The Morgan fingerprint density at radius 1 is 1.10 bits per heavy atom. The maximum absolute atomic E-state index is 12.3. The second-order valence-electron chi connectivity index (χ2n) is 7.04. The van der Waals surface area contributed by atoms with E-state index in [1.807, 2.05) is 37.3 Å². The Balaban J connectivity index is 1.52. The molecular weight excluding hydrogens is 384 g/mol. The van der Waals surface area contributed by atoms with E-state index in [9.17, 15) is 14.4 Å². The smallest absolute Gasteiger partial charge is 0.326 e. The lowest BCUT2D eigenvalue weighted by Crippen LogP contribution is -2.36. The first-order valence-corrected chi connectivity index (χ1v) is 9.54. The van der Waals surface area contributed by atoms with Crippen molar-refractivity contribution in [3.05, 3.63) is 59.4 Å². The minimum atomic E-state index is -1.02. The number of benzene rings is 2. The minimum Gasteiger partial charge on any atom is -0.451 e. The Morgan fingerprint density at radius 3 is 2.47 bits per heavy atom. The SMILES string of the molecule is Cc1nn(C)c(C)c1NC(=O)[C@H](C)OC(=O)CNC(=O)c1ccc2ccccc2c1. The van der Waals surface area contributed by atoms with Crippen molar-refractivity contribution >= 4 is 34.2 Å². The van der Waals surface area contributed by atoms with Crippen LogP contribution < -0.4 is 10.6 Å². The second kappa shape index (κ2) is 8.77. The highest BCUT2D eigenvalue weighted by atomic mass is 16.5. The van der Waals surface area contributed by atoms with Crippen LogP contribution in [0.2, 0.25) is 0 Å². The van der Waals surface area contributed by atoms with E-state index < -0.39 is 23.9 Å². The van der Waals surface area contributed by atoms with Gasteiger partial charge in [-0.25, -0.2) is 0 Å². The Bertz CT molecular complexity index is 1120. The molecule has 0 aliphatic rings. The largest absolute Gasteiger partial charge is 0.451 e. The third-order valence-electron chi connectivity index (χ3n) is 4.84. The quantitative estimate of drug-likeness (QED) is 0.610. The van der Waals surface area contributed by atoms with Gasteiger partial charge in [-0.2, -0.15) is 5.10 Å². The first-order valence-electron chi connectivity index (χ1n) is 9.54. The van der Waals surface area contributed by atoms with E-state index >= 15 is 0 Å². The van der Waals surface area contributed by atoms with Crippen LogP contribution in [-0.2, 0) is 21.4 Å². The summed E-state index contributed by atoms with van der Waals surface area (Å²) in [7, 11) is 1.78. The predicted octanol–water partition coefficient (Wildman–Crippen LogP) is 2.49. The fourth-order valence-corrected chi connectivity index (χ4v) is 3.06. The first kappa shape index (κ1) is 21.0. The summed E-state index contributed by atoms with van der Waals surface area (Å²) >= 11 is 0. The molecule has 1 heterocycles. The zero-order valence-corrected chi connectivity index (χ0v) is 17.4. The van der Waals surface area contributed by atoms with Crippen molar-refractivity contribution in [2.24, 2.45) is 7.05 Å². The minimum absolute atomic E-state index is 0.339. The van der Waals surface area contributed by atoms with E-state index in [-0.39, 0.29) is 6.54 Å². The number of amides is 2. The molecule has 0 unspecified atom stereocenters. The van der Waals surface area contributed by atoms with Crippen LogP contribution in [0.1, 0.15) is 28.7 Å². The predicted molar refractivity (Wildman–Crippen MR) is 113 cm³/mol. The molecule has 0 bridgehead atoms. The van der Waals surface area contributed by atoms with Gasteiger partial charge in [0.1, 0.15) is 6.54 Å². The molecule has 2 aromatic carbocycles. The molecule has 156 valence electrons. The molecule has 3 aromatic rings. The van der Waals surface area contributed by atoms with Gasteiger partial charge in [0.25, 0.3) is 11.8 Å². The van der Waals surface area contributed by atoms with Gasteiger partial charge in [0, 0.05) is 12.6 Å². The molecule has 0 spiro atoms. The van der Waals surface area contributed by atoms with E-state index in [0.29, 0.717) is 16.9 Å². The molecule has 8 nitrogen and oxygen atoms in total. The Kier molecular flexibility index (Phi) is 6.15. The number of nitrogens with zero attached hydrogens (tertiary/aromatic N) is 2. The van der Waals surface area contributed by atoms with Crippen LogP contribution in [0.3, 0.4) is 0 Å². The molecule has 1 atom stereocenters. The van der Waals surface area contributed by atoms with Gasteiger partial charge in [0.15, 0.2) is 6.10 Å². The van der Waals surface area contributed by atoms with Crippen LogP contribution in [0, 0.1) is 13.8 Å². The van der Waals surface area contributed by atoms with Gasteiger partial charge >= 0.3 is 5.97 Å². The van der Waals surface area contributed by atoms with Gasteiger partial charge in [-0.05, 0) is 43.7 Å². The molecule has 0 aliphatic heterocycles. The number of ether oxygens (including phenoxy) is 1. The second-order valence-corrected chi connectivity index (χ2v) is 7.04. The van der Waals surface area contributed by atoms with Crippen molar-refractivity contribution in [1.29, 1.82) is 0 Å². The van der Waals surface area contributed by atoms with Crippen molar-refractivity contribution in [2.45, 2.75) is 26.9 Å². The molecule has 0 aliphatic carbocycles. The van der Waals surface area contributed by atoms with Crippen LogP contribution in [-0.4, -0.2) is 40.2 Å². The molecule has 2 amide bonds. The number of nitrogens with one attached hydrogen (secondary N) is 2. The monoisotopic (exact) mass is 408 g/mol. The number of aryl methyl sites for hydroxylation is 2. The number of esters is 1. The van der Waals surface area contributed by atoms with Crippen molar-refractivity contribution < 1.29 is 19.1 Å². The summed E-state index contributed by atoms with van der Waals surface area (Å²) in [5.41, 5.74) is 2.50. The third-order valence-corrected chi connectivity index (χ3v) is 4.84. The lowest BCUT2D eigenvalue weighted by Gasteiger charge is -2.14. The van der Waals surface area contributed by atoms with Crippen LogP contribution >= 0.6 is 0 Å². The molecule has 0 fully saturated rings. The Hall–Kier alpha value is -3.68. The van der Waals surface area contributed by atoms with Gasteiger partial charge in [-0.1, -0.05) is 30.3 Å². The van der Waals surface area contributed by atoms with Crippen LogP contribution in [0.5, 0.6) is 0 Å². The number of fused-ring (bicyclic) bond motifs is 1. The van der Waals surface area contributed by atoms with E-state index in [2.05, 4.69) is 15.7 Å². The summed E-state index contributed by atoms with van der Waals surface area (Å²) < 4.78 is 6.79. The van der Waals surface area contributed by atoms with Gasteiger partial charge in [0.05, 0.1) is 17.1 Å². The maximum Gasteiger partial charge on any atom is 0.326 e. The van der Waals surface area contributed by atoms with Crippen molar-refractivity contribution in [2.75, 3.05) is 11.9 Å². The zero-order valence-electron chi connectivity index (χ0n) is 17.4. The van der Waals surface area contributed by atoms with E-state index in [1.54, 1.807) is 30.8 Å². The van der Waals surface area contributed by atoms with Gasteiger partial charge in [0.2, 0.25) is 0 Å². The molecule has 2 N–H and O–H groups in total. The molecule has 0 saturated heterocycles.